The third kappa shape index (κ3) is 5.80. The quantitative estimate of drug-likeness (QED) is 0.608. The predicted molar refractivity (Wildman–Crippen MR) is 113 cm³/mol. The summed E-state index contributed by atoms with van der Waals surface area (Å²) < 4.78 is 5.14. The van der Waals surface area contributed by atoms with Gasteiger partial charge in [0, 0.05) is 16.9 Å². The zero-order chi connectivity index (χ0) is 19.8. The van der Waals surface area contributed by atoms with E-state index in [-0.39, 0.29) is 18.6 Å². The molecule has 150 valence electrons. The molecule has 28 heavy (non-hydrogen) atoms. The lowest BCUT2D eigenvalue weighted by Crippen LogP contribution is -2.43. The number of carbonyl (C=O) groups excluding carboxylic acids is 2. The summed E-state index contributed by atoms with van der Waals surface area (Å²) in [6, 6.07) is 9.56. The zero-order valence-electron chi connectivity index (χ0n) is 15.8. The molecule has 1 aromatic heterocycles. The van der Waals surface area contributed by atoms with Gasteiger partial charge in [-0.3, -0.25) is 4.79 Å². The third-order valence-electron chi connectivity index (χ3n) is 4.39. The van der Waals surface area contributed by atoms with Crippen molar-refractivity contribution < 1.29 is 14.3 Å². The summed E-state index contributed by atoms with van der Waals surface area (Å²) in [7, 11) is 0. The van der Waals surface area contributed by atoms with Crippen molar-refractivity contribution in [2.45, 2.75) is 37.6 Å². The van der Waals surface area contributed by atoms with Gasteiger partial charge in [0.15, 0.2) is 0 Å². The molecule has 2 atom stereocenters. The van der Waals surface area contributed by atoms with Gasteiger partial charge in [0.25, 0.3) is 5.91 Å². The molecule has 2 heterocycles. The molecular weight excluding hydrogens is 394 g/mol. The van der Waals surface area contributed by atoms with Crippen molar-refractivity contribution in [2.24, 2.45) is 0 Å². The highest BCUT2D eigenvalue weighted by Gasteiger charge is 2.25. The average molecular weight is 420 g/mol. The maximum atomic E-state index is 12.6. The van der Waals surface area contributed by atoms with E-state index in [1.165, 1.54) is 16.9 Å². The molecule has 3 rings (SSSR count). The molecule has 2 aromatic rings. The SMILES string of the molecule is CCOC(=O)C(CSCc1ccccc1)NC(=O)c1csc(C2CCCN2)n1. The maximum Gasteiger partial charge on any atom is 0.329 e. The Morgan fingerprint density at radius 2 is 2.21 bits per heavy atom. The van der Waals surface area contributed by atoms with Crippen molar-refractivity contribution in [3.63, 3.8) is 0 Å². The minimum absolute atomic E-state index is 0.230. The number of amides is 1. The fourth-order valence-electron chi connectivity index (χ4n) is 2.96. The van der Waals surface area contributed by atoms with Crippen LogP contribution in [0.4, 0.5) is 0 Å². The highest BCUT2D eigenvalue weighted by Crippen LogP contribution is 2.26. The van der Waals surface area contributed by atoms with E-state index >= 15 is 0 Å². The standard InChI is InChI=1S/C20H25N3O3S2/c1-2-26-20(25)17(12-27-11-14-7-4-3-5-8-14)22-18(24)16-13-28-19(23-16)15-9-6-10-21-15/h3-5,7-8,13,15,17,21H,2,6,9-12H2,1H3,(H,22,24). The number of nitrogens with one attached hydrogen (secondary N) is 2. The second kappa shape index (κ2) is 10.6. The summed E-state index contributed by atoms with van der Waals surface area (Å²) in [6.45, 7) is 3.02. The first-order chi connectivity index (χ1) is 13.7. The van der Waals surface area contributed by atoms with Gasteiger partial charge in [0.2, 0.25) is 0 Å². The van der Waals surface area contributed by atoms with Crippen LogP contribution in [0.5, 0.6) is 0 Å². The first kappa shape index (κ1) is 20.8. The van der Waals surface area contributed by atoms with E-state index in [1.54, 1.807) is 24.1 Å². The van der Waals surface area contributed by atoms with Crippen molar-refractivity contribution in [1.29, 1.82) is 0 Å². The van der Waals surface area contributed by atoms with Crippen LogP contribution in [0.25, 0.3) is 0 Å². The molecule has 2 unspecified atom stereocenters. The lowest BCUT2D eigenvalue weighted by molar-refractivity contribution is -0.144. The molecule has 1 fully saturated rings. The number of ether oxygens (including phenoxy) is 1. The average Bonchev–Trinajstić information content (AvgIpc) is 3.39. The number of hydrogen-bond acceptors (Lipinski definition) is 7. The number of thioether (sulfide) groups is 1. The molecule has 0 saturated carbocycles. The Bertz CT molecular complexity index is 776. The minimum atomic E-state index is -0.698. The van der Waals surface area contributed by atoms with Gasteiger partial charge in [-0.15, -0.1) is 11.3 Å². The molecular formula is C20H25N3O3S2. The summed E-state index contributed by atoms with van der Waals surface area (Å²) >= 11 is 3.07. The maximum absolute atomic E-state index is 12.6. The van der Waals surface area contributed by atoms with E-state index in [9.17, 15) is 9.59 Å². The first-order valence-corrected chi connectivity index (χ1v) is 11.5. The molecule has 6 nitrogen and oxygen atoms in total. The number of esters is 1. The van der Waals surface area contributed by atoms with Crippen molar-refractivity contribution in [2.75, 3.05) is 18.9 Å². The molecule has 1 aromatic carbocycles. The van der Waals surface area contributed by atoms with Crippen LogP contribution in [0, 0.1) is 0 Å². The van der Waals surface area contributed by atoms with Crippen molar-refractivity contribution in [3.8, 4) is 0 Å². The topological polar surface area (TPSA) is 80.3 Å². The van der Waals surface area contributed by atoms with Gasteiger partial charge in [-0.05, 0) is 31.9 Å². The Hall–Kier alpha value is -1.90. The summed E-state index contributed by atoms with van der Waals surface area (Å²) in [5.41, 5.74) is 1.53. The fourth-order valence-corrected chi connectivity index (χ4v) is 4.87. The van der Waals surface area contributed by atoms with E-state index in [0.29, 0.717) is 11.4 Å². The molecule has 2 N–H and O–H groups in total. The van der Waals surface area contributed by atoms with E-state index in [2.05, 4.69) is 15.6 Å². The largest absolute Gasteiger partial charge is 0.464 e. The van der Waals surface area contributed by atoms with Gasteiger partial charge >= 0.3 is 5.97 Å². The molecule has 1 saturated heterocycles. The van der Waals surface area contributed by atoms with Gasteiger partial charge < -0.3 is 15.4 Å². The van der Waals surface area contributed by atoms with Gasteiger partial charge in [-0.2, -0.15) is 11.8 Å². The highest BCUT2D eigenvalue weighted by molar-refractivity contribution is 7.98. The molecule has 8 heteroatoms. The Kier molecular flexibility index (Phi) is 7.88. The monoisotopic (exact) mass is 419 g/mol. The minimum Gasteiger partial charge on any atom is -0.464 e. The Balaban J connectivity index is 1.58. The van der Waals surface area contributed by atoms with E-state index in [1.807, 2.05) is 30.3 Å². The number of carbonyl (C=O) groups is 2. The fraction of sp³-hybridized carbons (Fsp3) is 0.450. The third-order valence-corrected chi connectivity index (χ3v) is 6.45. The van der Waals surface area contributed by atoms with Crippen LogP contribution in [0.1, 0.15) is 46.9 Å². The number of thiazole rings is 1. The van der Waals surface area contributed by atoms with Crippen molar-refractivity contribution >= 4 is 35.0 Å². The van der Waals surface area contributed by atoms with E-state index in [4.69, 9.17) is 4.74 Å². The Morgan fingerprint density at radius 3 is 2.93 bits per heavy atom. The second-order valence-electron chi connectivity index (χ2n) is 6.50. The Labute approximate surface area is 173 Å². The molecule has 1 amide bonds. The van der Waals surface area contributed by atoms with E-state index in [0.717, 1.165) is 30.1 Å². The first-order valence-electron chi connectivity index (χ1n) is 9.45. The lowest BCUT2D eigenvalue weighted by Gasteiger charge is -2.16. The lowest BCUT2D eigenvalue weighted by atomic mass is 10.2. The van der Waals surface area contributed by atoms with Crippen LogP contribution in [-0.2, 0) is 15.3 Å². The van der Waals surface area contributed by atoms with Gasteiger partial charge in [-0.1, -0.05) is 30.3 Å². The molecule has 0 radical (unpaired) electrons. The van der Waals surface area contributed by atoms with Crippen LogP contribution in [0.2, 0.25) is 0 Å². The number of rotatable bonds is 9. The molecule has 1 aliphatic heterocycles. The molecule has 0 spiro atoms. The van der Waals surface area contributed by atoms with Crippen LogP contribution in [0.3, 0.4) is 0 Å². The number of aromatic nitrogens is 1. The van der Waals surface area contributed by atoms with E-state index < -0.39 is 12.0 Å². The highest BCUT2D eigenvalue weighted by atomic mass is 32.2. The summed E-state index contributed by atoms with van der Waals surface area (Å²) in [6.07, 6.45) is 2.16. The van der Waals surface area contributed by atoms with Crippen LogP contribution in [0.15, 0.2) is 35.7 Å². The smallest absolute Gasteiger partial charge is 0.329 e. The summed E-state index contributed by atoms with van der Waals surface area (Å²) in [4.78, 5) is 29.4. The predicted octanol–water partition coefficient (Wildman–Crippen LogP) is 3.16. The van der Waals surface area contributed by atoms with Gasteiger partial charge in [0.1, 0.15) is 16.7 Å². The number of benzene rings is 1. The van der Waals surface area contributed by atoms with Gasteiger partial charge in [0.05, 0.1) is 12.6 Å². The van der Waals surface area contributed by atoms with Crippen LogP contribution < -0.4 is 10.6 Å². The van der Waals surface area contributed by atoms with Crippen molar-refractivity contribution in [3.05, 3.63) is 52.0 Å². The number of nitrogens with zero attached hydrogens (tertiary/aromatic N) is 1. The second-order valence-corrected chi connectivity index (χ2v) is 8.42. The normalized spacial score (nSPS) is 17.2. The summed E-state index contributed by atoms with van der Waals surface area (Å²) in [5, 5.41) is 8.86. The molecule has 1 aliphatic rings. The molecule has 0 aliphatic carbocycles. The van der Waals surface area contributed by atoms with Crippen molar-refractivity contribution in [1.82, 2.24) is 15.6 Å². The number of hydrogen-bond donors (Lipinski definition) is 2. The molecule has 0 bridgehead atoms. The Morgan fingerprint density at radius 1 is 1.39 bits per heavy atom. The zero-order valence-corrected chi connectivity index (χ0v) is 17.5. The van der Waals surface area contributed by atoms with Crippen LogP contribution >= 0.6 is 23.1 Å². The summed E-state index contributed by atoms with van der Waals surface area (Å²) in [5.74, 6) is 0.463. The van der Waals surface area contributed by atoms with Gasteiger partial charge in [-0.25, -0.2) is 9.78 Å². The van der Waals surface area contributed by atoms with Crippen LogP contribution in [-0.4, -0.2) is 41.8 Å².